The summed E-state index contributed by atoms with van der Waals surface area (Å²) in [7, 11) is 3.04. The van der Waals surface area contributed by atoms with Crippen molar-refractivity contribution in [3.05, 3.63) is 94.6 Å². The number of benzene rings is 3. The number of carbonyl (C=O) groups is 2. The number of hydrogen-bond acceptors (Lipinski definition) is 5. The molecule has 3 aromatic carbocycles. The lowest BCUT2D eigenvalue weighted by Gasteiger charge is -2.16. The number of nitrogens with zero attached hydrogens (tertiary/aromatic N) is 1. The summed E-state index contributed by atoms with van der Waals surface area (Å²) in [5.74, 6) is 0.124. The van der Waals surface area contributed by atoms with E-state index in [9.17, 15) is 9.59 Å². The minimum absolute atomic E-state index is 0.135. The van der Waals surface area contributed by atoms with Gasteiger partial charge in [0.2, 0.25) is 0 Å². The number of halogens is 1. The standard InChI is InChI=1S/C25H21ClN2O4/c1-31-20-11-7-6-10-18(20)22-23(27-19-14-17(26)12-13-21(19)32-2)25(30)28(24(22)29)15-16-8-4-3-5-9-16/h3-14,27H,15H2,1-2H3. The molecule has 1 aliphatic rings. The second kappa shape index (κ2) is 9.16. The first-order valence-electron chi connectivity index (χ1n) is 9.92. The molecule has 1 heterocycles. The van der Waals surface area contributed by atoms with Crippen molar-refractivity contribution in [1.82, 2.24) is 4.90 Å². The highest BCUT2D eigenvalue weighted by molar-refractivity contribution is 6.37. The molecule has 1 N–H and O–H groups in total. The Labute approximate surface area is 191 Å². The van der Waals surface area contributed by atoms with Crippen molar-refractivity contribution in [3.8, 4) is 11.5 Å². The molecular formula is C25H21ClN2O4. The molecule has 1 aliphatic heterocycles. The largest absolute Gasteiger partial charge is 0.496 e. The first kappa shape index (κ1) is 21.5. The van der Waals surface area contributed by atoms with Crippen LogP contribution in [0.5, 0.6) is 11.5 Å². The number of rotatable bonds is 7. The van der Waals surface area contributed by atoms with Crippen molar-refractivity contribution in [2.24, 2.45) is 0 Å². The van der Waals surface area contributed by atoms with Crippen molar-refractivity contribution >= 4 is 34.7 Å². The van der Waals surface area contributed by atoms with Crippen LogP contribution in [0.2, 0.25) is 5.02 Å². The molecule has 0 atom stereocenters. The van der Waals surface area contributed by atoms with Gasteiger partial charge in [-0.15, -0.1) is 0 Å². The molecule has 3 aromatic rings. The van der Waals surface area contributed by atoms with E-state index < -0.39 is 11.8 Å². The topological polar surface area (TPSA) is 67.9 Å². The van der Waals surface area contributed by atoms with E-state index in [4.69, 9.17) is 21.1 Å². The summed E-state index contributed by atoms with van der Waals surface area (Å²) < 4.78 is 10.9. The zero-order valence-electron chi connectivity index (χ0n) is 17.6. The van der Waals surface area contributed by atoms with E-state index in [0.29, 0.717) is 27.8 Å². The normalized spacial score (nSPS) is 13.5. The van der Waals surface area contributed by atoms with E-state index in [1.807, 2.05) is 30.3 Å². The molecule has 0 saturated carbocycles. The molecule has 6 nitrogen and oxygen atoms in total. The maximum atomic E-state index is 13.5. The summed E-state index contributed by atoms with van der Waals surface area (Å²) in [6, 6.07) is 21.5. The lowest BCUT2D eigenvalue weighted by molar-refractivity contribution is -0.137. The predicted octanol–water partition coefficient (Wildman–Crippen LogP) is 4.75. The lowest BCUT2D eigenvalue weighted by atomic mass is 10.0. The van der Waals surface area contributed by atoms with Gasteiger partial charge < -0.3 is 14.8 Å². The number of ether oxygens (including phenoxy) is 2. The zero-order chi connectivity index (χ0) is 22.7. The molecular weight excluding hydrogens is 428 g/mol. The molecule has 32 heavy (non-hydrogen) atoms. The van der Waals surface area contributed by atoms with Gasteiger partial charge in [0.25, 0.3) is 11.8 Å². The Hall–Kier alpha value is -3.77. The van der Waals surface area contributed by atoms with E-state index >= 15 is 0 Å². The molecule has 0 aliphatic carbocycles. The molecule has 4 rings (SSSR count). The highest BCUT2D eigenvalue weighted by atomic mass is 35.5. The summed E-state index contributed by atoms with van der Waals surface area (Å²) in [5.41, 5.74) is 2.20. The van der Waals surface area contributed by atoms with Gasteiger partial charge in [0.15, 0.2) is 0 Å². The highest BCUT2D eigenvalue weighted by Gasteiger charge is 2.40. The molecule has 0 fully saturated rings. The van der Waals surface area contributed by atoms with Crippen LogP contribution in [0.4, 0.5) is 5.69 Å². The van der Waals surface area contributed by atoms with Gasteiger partial charge in [-0.05, 0) is 29.8 Å². The van der Waals surface area contributed by atoms with E-state index in [1.165, 1.54) is 19.1 Å². The monoisotopic (exact) mass is 448 g/mol. The zero-order valence-corrected chi connectivity index (χ0v) is 18.3. The fourth-order valence-electron chi connectivity index (χ4n) is 3.62. The predicted molar refractivity (Wildman–Crippen MR) is 124 cm³/mol. The van der Waals surface area contributed by atoms with Gasteiger partial charge in [0.1, 0.15) is 17.2 Å². The molecule has 0 aromatic heterocycles. The highest BCUT2D eigenvalue weighted by Crippen LogP contribution is 2.37. The minimum Gasteiger partial charge on any atom is -0.496 e. The Balaban J connectivity index is 1.82. The third-order valence-corrected chi connectivity index (χ3v) is 5.38. The molecule has 7 heteroatoms. The fraction of sp³-hybridized carbons (Fsp3) is 0.120. The SMILES string of the molecule is COc1ccc(Cl)cc1NC1=C(c2ccccc2OC)C(=O)N(Cc2ccccc2)C1=O. The Morgan fingerprint density at radius 2 is 1.53 bits per heavy atom. The fourth-order valence-corrected chi connectivity index (χ4v) is 3.79. The van der Waals surface area contributed by atoms with Crippen LogP contribution in [-0.4, -0.2) is 30.9 Å². The van der Waals surface area contributed by atoms with Gasteiger partial charge >= 0.3 is 0 Å². The number of hydrogen-bond donors (Lipinski definition) is 1. The maximum Gasteiger partial charge on any atom is 0.278 e. The second-order valence-electron chi connectivity index (χ2n) is 7.10. The van der Waals surface area contributed by atoms with Crippen molar-refractivity contribution in [1.29, 1.82) is 0 Å². The number of carbonyl (C=O) groups excluding carboxylic acids is 2. The number of amides is 2. The van der Waals surface area contributed by atoms with Gasteiger partial charge in [-0.2, -0.15) is 0 Å². The molecule has 162 valence electrons. The Morgan fingerprint density at radius 1 is 0.844 bits per heavy atom. The Morgan fingerprint density at radius 3 is 2.25 bits per heavy atom. The molecule has 0 spiro atoms. The number of methoxy groups -OCH3 is 2. The van der Waals surface area contributed by atoms with Gasteiger partial charge in [0, 0.05) is 10.6 Å². The van der Waals surface area contributed by atoms with Crippen LogP contribution in [0, 0.1) is 0 Å². The summed E-state index contributed by atoms with van der Waals surface area (Å²) in [6.07, 6.45) is 0. The van der Waals surface area contributed by atoms with Crippen molar-refractivity contribution in [2.75, 3.05) is 19.5 Å². The molecule has 0 saturated heterocycles. The van der Waals surface area contributed by atoms with Crippen molar-refractivity contribution in [3.63, 3.8) is 0 Å². The smallest absolute Gasteiger partial charge is 0.278 e. The first-order valence-corrected chi connectivity index (χ1v) is 10.3. The van der Waals surface area contributed by atoms with Crippen molar-refractivity contribution < 1.29 is 19.1 Å². The van der Waals surface area contributed by atoms with Gasteiger partial charge in [0.05, 0.1) is 32.0 Å². The average molecular weight is 449 g/mol. The minimum atomic E-state index is -0.443. The van der Waals surface area contributed by atoms with Crippen LogP contribution in [0.1, 0.15) is 11.1 Å². The lowest BCUT2D eigenvalue weighted by Crippen LogP contribution is -2.32. The maximum absolute atomic E-state index is 13.5. The third-order valence-electron chi connectivity index (χ3n) is 5.15. The average Bonchev–Trinajstić information content (AvgIpc) is 3.04. The number of para-hydroxylation sites is 1. The molecule has 0 bridgehead atoms. The van der Waals surface area contributed by atoms with Crippen LogP contribution in [0.15, 0.2) is 78.5 Å². The number of imide groups is 1. The van der Waals surface area contributed by atoms with E-state index in [2.05, 4.69) is 5.32 Å². The molecule has 0 unspecified atom stereocenters. The van der Waals surface area contributed by atoms with Crippen molar-refractivity contribution in [2.45, 2.75) is 6.54 Å². The van der Waals surface area contributed by atoms with E-state index in [1.54, 1.807) is 42.5 Å². The van der Waals surface area contributed by atoms with Gasteiger partial charge in [-0.25, -0.2) is 0 Å². The van der Waals surface area contributed by atoms with Crippen LogP contribution >= 0.6 is 11.6 Å². The summed E-state index contributed by atoms with van der Waals surface area (Å²) >= 11 is 6.17. The molecule has 2 amide bonds. The van der Waals surface area contributed by atoms with Crippen LogP contribution < -0.4 is 14.8 Å². The summed E-state index contributed by atoms with van der Waals surface area (Å²) in [5, 5.41) is 3.56. The summed E-state index contributed by atoms with van der Waals surface area (Å²) in [4.78, 5) is 28.2. The Kier molecular flexibility index (Phi) is 6.14. The third kappa shape index (κ3) is 4.05. The number of nitrogens with one attached hydrogen (secondary N) is 1. The van der Waals surface area contributed by atoms with Gasteiger partial charge in [-0.1, -0.05) is 60.1 Å². The van der Waals surface area contributed by atoms with Crippen LogP contribution in [0.3, 0.4) is 0 Å². The Bertz CT molecular complexity index is 1210. The summed E-state index contributed by atoms with van der Waals surface area (Å²) in [6.45, 7) is 0.148. The van der Waals surface area contributed by atoms with Gasteiger partial charge in [-0.3, -0.25) is 14.5 Å². The van der Waals surface area contributed by atoms with Crippen LogP contribution in [-0.2, 0) is 16.1 Å². The number of anilines is 1. The second-order valence-corrected chi connectivity index (χ2v) is 7.54. The van der Waals surface area contributed by atoms with E-state index in [-0.39, 0.29) is 17.8 Å². The quantitative estimate of drug-likeness (QED) is 0.528. The van der Waals surface area contributed by atoms with Crippen LogP contribution in [0.25, 0.3) is 5.57 Å². The first-order chi connectivity index (χ1) is 15.5. The molecule has 0 radical (unpaired) electrons. The van der Waals surface area contributed by atoms with E-state index in [0.717, 1.165) is 5.56 Å².